The Bertz CT molecular complexity index is 477. The number of aromatic nitrogens is 2. The van der Waals surface area contributed by atoms with E-state index in [4.69, 9.17) is 18.0 Å². The van der Waals surface area contributed by atoms with Gasteiger partial charge in [0, 0.05) is 12.6 Å². The molecule has 1 aliphatic rings. The summed E-state index contributed by atoms with van der Waals surface area (Å²) in [5, 5.41) is 3.37. The zero-order valence-corrected chi connectivity index (χ0v) is 9.15. The molecule has 0 amide bonds. The number of alkyl halides is 3. The molecule has 0 saturated heterocycles. The molecule has 1 saturated carbocycles. The van der Waals surface area contributed by atoms with Crippen LogP contribution in [-0.2, 0) is 18.6 Å². The van der Waals surface area contributed by atoms with Gasteiger partial charge in [-0.25, -0.2) is 0 Å². The molecule has 1 aliphatic carbocycles. The van der Waals surface area contributed by atoms with Crippen molar-refractivity contribution in [3.8, 4) is 12.3 Å². The normalized spacial score (nSPS) is 18.2. The number of hydrogen-bond donors (Lipinski definition) is 0. The molecule has 1 fully saturated rings. The SMILES string of the molecule is C#CC1(c2c(C(F)(F)F)nn(C)c2Cl)CC1. The van der Waals surface area contributed by atoms with Gasteiger partial charge >= 0.3 is 6.18 Å². The minimum Gasteiger partial charge on any atom is -0.256 e. The molecule has 2 rings (SSSR count). The molecule has 0 N–H and O–H groups in total. The highest BCUT2D eigenvalue weighted by Crippen LogP contribution is 2.53. The molecular formula is C10H8ClF3N2. The monoisotopic (exact) mass is 248 g/mol. The van der Waals surface area contributed by atoms with Crippen LogP contribution in [-0.4, -0.2) is 9.78 Å². The van der Waals surface area contributed by atoms with Crippen LogP contribution in [0.15, 0.2) is 0 Å². The van der Waals surface area contributed by atoms with E-state index in [0.717, 1.165) is 4.68 Å². The first-order valence-corrected chi connectivity index (χ1v) is 4.97. The van der Waals surface area contributed by atoms with E-state index < -0.39 is 17.3 Å². The number of aryl methyl sites for hydroxylation is 1. The van der Waals surface area contributed by atoms with Crippen molar-refractivity contribution in [3.63, 3.8) is 0 Å². The number of nitrogens with zero attached hydrogens (tertiary/aromatic N) is 2. The third kappa shape index (κ3) is 1.49. The molecular weight excluding hydrogens is 241 g/mol. The molecule has 0 spiro atoms. The molecule has 0 unspecified atom stereocenters. The molecule has 0 aliphatic heterocycles. The van der Waals surface area contributed by atoms with E-state index in [1.54, 1.807) is 0 Å². The fraction of sp³-hybridized carbons (Fsp3) is 0.500. The Morgan fingerprint density at radius 2 is 2.06 bits per heavy atom. The van der Waals surface area contributed by atoms with Crippen molar-refractivity contribution >= 4 is 11.6 Å². The van der Waals surface area contributed by atoms with Gasteiger partial charge in [-0.15, -0.1) is 6.42 Å². The average molecular weight is 249 g/mol. The van der Waals surface area contributed by atoms with E-state index in [2.05, 4.69) is 11.0 Å². The zero-order valence-electron chi connectivity index (χ0n) is 8.40. The van der Waals surface area contributed by atoms with Crippen molar-refractivity contribution in [2.45, 2.75) is 24.4 Å². The average Bonchev–Trinajstić information content (AvgIpc) is 2.90. The van der Waals surface area contributed by atoms with Gasteiger partial charge in [0.25, 0.3) is 0 Å². The van der Waals surface area contributed by atoms with Crippen LogP contribution in [0.5, 0.6) is 0 Å². The lowest BCUT2D eigenvalue weighted by molar-refractivity contribution is -0.142. The van der Waals surface area contributed by atoms with Gasteiger partial charge in [-0.1, -0.05) is 17.5 Å². The lowest BCUT2D eigenvalue weighted by Gasteiger charge is -2.10. The predicted octanol–water partition coefficient (Wildman–Crippen LogP) is 2.76. The van der Waals surface area contributed by atoms with Crippen molar-refractivity contribution < 1.29 is 13.2 Å². The Morgan fingerprint density at radius 3 is 2.44 bits per heavy atom. The Kier molecular flexibility index (Phi) is 2.25. The highest BCUT2D eigenvalue weighted by atomic mass is 35.5. The lowest BCUT2D eigenvalue weighted by Crippen LogP contribution is -2.14. The van der Waals surface area contributed by atoms with Gasteiger partial charge < -0.3 is 0 Å². The largest absolute Gasteiger partial charge is 0.435 e. The van der Waals surface area contributed by atoms with Crippen LogP contribution in [0.2, 0.25) is 5.15 Å². The Balaban J connectivity index is 2.65. The summed E-state index contributed by atoms with van der Waals surface area (Å²) in [6, 6.07) is 0. The molecule has 2 nitrogen and oxygen atoms in total. The molecule has 6 heteroatoms. The Labute approximate surface area is 95.4 Å². The maximum absolute atomic E-state index is 12.7. The third-order valence-electron chi connectivity index (χ3n) is 2.75. The molecule has 16 heavy (non-hydrogen) atoms. The number of halogens is 4. The number of hydrogen-bond acceptors (Lipinski definition) is 1. The standard InChI is InChI=1S/C10H8ClF3N2/c1-3-9(4-5-9)6-7(10(12,13)14)15-16(2)8(6)11/h1H,4-5H2,2H3. The molecule has 0 radical (unpaired) electrons. The van der Waals surface area contributed by atoms with Gasteiger partial charge in [0.15, 0.2) is 5.69 Å². The molecule has 0 bridgehead atoms. The summed E-state index contributed by atoms with van der Waals surface area (Å²) < 4.78 is 39.2. The third-order valence-corrected chi connectivity index (χ3v) is 3.18. The smallest absolute Gasteiger partial charge is 0.256 e. The molecule has 1 aromatic heterocycles. The maximum atomic E-state index is 12.7. The zero-order chi connectivity index (χ0) is 12.1. The Morgan fingerprint density at radius 1 is 1.50 bits per heavy atom. The molecule has 0 aromatic carbocycles. The van der Waals surface area contributed by atoms with Crippen LogP contribution in [0.3, 0.4) is 0 Å². The second-order valence-corrected chi connectivity index (χ2v) is 4.22. The van der Waals surface area contributed by atoms with Crippen LogP contribution >= 0.6 is 11.6 Å². The van der Waals surface area contributed by atoms with Crippen LogP contribution in [0.25, 0.3) is 0 Å². The fourth-order valence-corrected chi connectivity index (χ4v) is 2.03. The van der Waals surface area contributed by atoms with Crippen molar-refractivity contribution in [1.29, 1.82) is 0 Å². The molecule has 1 aromatic rings. The van der Waals surface area contributed by atoms with Crippen LogP contribution < -0.4 is 0 Å². The van der Waals surface area contributed by atoms with E-state index in [-0.39, 0.29) is 10.7 Å². The van der Waals surface area contributed by atoms with Crippen LogP contribution in [0, 0.1) is 12.3 Å². The number of terminal acetylenes is 1. The van der Waals surface area contributed by atoms with E-state index in [9.17, 15) is 13.2 Å². The first-order chi connectivity index (χ1) is 7.32. The highest BCUT2D eigenvalue weighted by Gasteiger charge is 2.52. The minimum atomic E-state index is -4.52. The second kappa shape index (κ2) is 3.17. The summed E-state index contributed by atoms with van der Waals surface area (Å²) in [7, 11) is 1.37. The molecule has 86 valence electrons. The summed E-state index contributed by atoms with van der Waals surface area (Å²) in [5.41, 5.74) is -1.88. The lowest BCUT2D eigenvalue weighted by atomic mass is 9.97. The number of rotatable bonds is 1. The predicted molar refractivity (Wildman–Crippen MR) is 53.0 cm³/mol. The van der Waals surface area contributed by atoms with E-state index in [1.807, 2.05) is 0 Å². The van der Waals surface area contributed by atoms with Crippen molar-refractivity contribution in [3.05, 3.63) is 16.4 Å². The van der Waals surface area contributed by atoms with E-state index >= 15 is 0 Å². The van der Waals surface area contributed by atoms with Gasteiger partial charge in [-0.3, -0.25) is 4.68 Å². The van der Waals surface area contributed by atoms with E-state index in [0.29, 0.717) is 12.8 Å². The van der Waals surface area contributed by atoms with Crippen molar-refractivity contribution in [2.24, 2.45) is 7.05 Å². The summed E-state index contributed by atoms with van der Waals surface area (Å²) in [6.07, 6.45) is 1.81. The van der Waals surface area contributed by atoms with Gasteiger partial charge in [0.1, 0.15) is 5.15 Å². The topological polar surface area (TPSA) is 17.8 Å². The molecule has 1 heterocycles. The summed E-state index contributed by atoms with van der Waals surface area (Å²) in [4.78, 5) is 0. The first-order valence-electron chi connectivity index (χ1n) is 4.60. The van der Waals surface area contributed by atoms with Gasteiger partial charge in [0.2, 0.25) is 0 Å². The van der Waals surface area contributed by atoms with Crippen LogP contribution in [0.4, 0.5) is 13.2 Å². The van der Waals surface area contributed by atoms with Gasteiger partial charge in [0.05, 0.1) is 5.41 Å². The second-order valence-electron chi connectivity index (χ2n) is 3.86. The highest BCUT2D eigenvalue weighted by molar-refractivity contribution is 6.30. The van der Waals surface area contributed by atoms with Gasteiger partial charge in [-0.2, -0.15) is 18.3 Å². The summed E-state index contributed by atoms with van der Waals surface area (Å²) in [6.45, 7) is 0. The fourth-order valence-electron chi connectivity index (χ4n) is 1.72. The van der Waals surface area contributed by atoms with Gasteiger partial charge in [-0.05, 0) is 12.8 Å². The summed E-state index contributed by atoms with van der Waals surface area (Å²) >= 11 is 5.83. The summed E-state index contributed by atoms with van der Waals surface area (Å²) in [5.74, 6) is 2.40. The molecule has 0 atom stereocenters. The van der Waals surface area contributed by atoms with E-state index in [1.165, 1.54) is 7.05 Å². The maximum Gasteiger partial charge on any atom is 0.435 e. The minimum absolute atomic E-state index is 0.0252. The van der Waals surface area contributed by atoms with Crippen LogP contribution in [0.1, 0.15) is 24.1 Å². The Hall–Kier alpha value is -1.15. The van der Waals surface area contributed by atoms with Crippen molar-refractivity contribution in [1.82, 2.24) is 9.78 Å². The van der Waals surface area contributed by atoms with Crippen molar-refractivity contribution in [2.75, 3.05) is 0 Å². The quantitative estimate of drug-likeness (QED) is 0.699. The first kappa shape index (κ1) is 11.3.